The number of allylic oxidation sites excluding steroid dienone is 4. The second-order valence-corrected chi connectivity index (χ2v) is 7.28. The molecule has 0 heterocycles. The highest BCUT2D eigenvalue weighted by atomic mass is 16.2. The van der Waals surface area contributed by atoms with Crippen molar-refractivity contribution in [2.75, 3.05) is 27.2 Å². The Kier molecular flexibility index (Phi) is 7.54. The van der Waals surface area contributed by atoms with Gasteiger partial charge >= 0.3 is 0 Å². The Morgan fingerprint density at radius 3 is 1.58 bits per heavy atom. The third-order valence-electron chi connectivity index (χ3n) is 5.19. The van der Waals surface area contributed by atoms with Gasteiger partial charge in [-0.3, -0.25) is 9.59 Å². The van der Waals surface area contributed by atoms with Crippen LogP contribution >= 0.6 is 0 Å². The number of nitrogens with zero attached hydrogens (tertiary/aromatic N) is 2. The van der Waals surface area contributed by atoms with Gasteiger partial charge in [0.25, 0.3) is 0 Å². The van der Waals surface area contributed by atoms with E-state index in [1.165, 1.54) is 0 Å². The average Bonchev–Trinajstić information content (AvgIpc) is 3.24. The maximum Gasteiger partial charge on any atom is 0.222 e. The number of carbonyl (C=O) groups excluding carboxylic acids is 2. The fourth-order valence-electron chi connectivity index (χ4n) is 3.44. The number of hydrogen-bond acceptors (Lipinski definition) is 2. The molecule has 0 saturated carbocycles. The van der Waals surface area contributed by atoms with Crippen LogP contribution in [0, 0.1) is 11.8 Å². The lowest BCUT2D eigenvalue weighted by Crippen LogP contribution is -2.31. The molecule has 0 fully saturated rings. The smallest absolute Gasteiger partial charge is 0.222 e. The van der Waals surface area contributed by atoms with E-state index in [-0.39, 0.29) is 11.8 Å². The number of carbonyl (C=O) groups is 2. The summed E-state index contributed by atoms with van der Waals surface area (Å²) in [5.41, 5.74) is 0. The maximum absolute atomic E-state index is 12.1. The van der Waals surface area contributed by atoms with E-state index in [9.17, 15) is 9.59 Å². The molecule has 2 amide bonds. The van der Waals surface area contributed by atoms with E-state index in [0.29, 0.717) is 24.7 Å². The molecule has 2 atom stereocenters. The SMILES string of the molecule is CN(CCCCN(C)C(=O)CC1C=CCC1)C(=O)CC1C=CCC1. The third kappa shape index (κ3) is 6.14. The van der Waals surface area contributed by atoms with Crippen LogP contribution < -0.4 is 0 Å². The first-order chi connectivity index (χ1) is 11.6. The van der Waals surface area contributed by atoms with Crippen LogP contribution in [0.5, 0.6) is 0 Å². The van der Waals surface area contributed by atoms with E-state index in [0.717, 1.165) is 51.6 Å². The lowest BCUT2D eigenvalue weighted by atomic mass is 10.0. The Morgan fingerprint density at radius 1 is 0.833 bits per heavy atom. The van der Waals surface area contributed by atoms with Crippen LogP contribution in [0.25, 0.3) is 0 Å². The monoisotopic (exact) mass is 332 g/mol. The Labute approximate surface area is 146 Å². The van der Waals surface area contributed by atoms with Gasteiger partial charge in [-0.25, -0.2) is 0 Å². The molecule has 0 radical (unpaired) electrons. The van der Waals surface area contributed by atoms with Gasteiger partial charge in [0.15, 0.2) is 0 Å². The minimum Gasteiger partial charge on any atom is -0.346 e. The fourth-order valence-corrected chi connectivity index (χ4v) is 3.44. The first-order valence-electron chi connectivity index (χ1n) is 9.37. The van der Waals surface area contributed by atoms with Crippen molar-refractivity contribution < 1.29 is 9.59 Å². The number of amides is 2. The van der Waals surface area contributed by atoms with Gasteiger partial charge in [0.2, 0.25) is 11.8 Å². The van der Waals surface area contributed by atoms with Gasteiger partial charge < -0.3 is 9.80 Å². The number of unbranched alkanes of at least 4 members (excludes halogenated alkanes) is 1. The molecule has 0 aliphatic heterocycles. The third-order valence-corrected chi connectivity index (χ3v) is 5.19. The highest BCUT2D eigenvalue weighted by Crippen LogP contribution is 2.22. The minimum absolute atomic E-state index is 0.240. The molecule has 0 aromatic heterocycles. The Bertz CT molecular complexity index is 440. The summed E-state index contributed by atoms with van der Waals surface area (Å²) in [6.45, 7) is 1.56. The first kappa shape index (κ1) is 18.8. The quantitative estimate of drug-likeness (QED) is 0.480. The average molecular weight is 332 g/mol. The van der Waals surface area contributed by atoms with Gasteiger partial charge in [-0.2, -0.15) is 0 Å². The standard InChI is InChI=1S/C20H32N2O2/c1-21(19(23)15-17-9-3-4-10-17)13-7-8-14-22(2)20(24)16-18-11-5-6-12-18/h3,5,9,11,17-18H,4,6-8,10,12-16H2,1-2H3. The fraction of sp³-hybridized carbons (Fsp3) is 0.700. The zero-order valence-corrected chi connectivity index (χ0v) is 15.2. The van der Waals surface area contributed by atoms with Gasteiger partial charge in [-0.1, -0.05) is 24.3 Å². The van der Waals surface area contributed by atoms with E-state index in [2.05, 4.69) is 24.3 Å². The van der Waals surface area contributed by atoms with Crippen molar-refractivity contribution in [3.63, 3.8) is 0 Å². The van der Waals surface area contributed by atoms with Crippen LogP contribution in [0.15, 0.2) is 24.3 Å². The van der Waals surface area contributed by atoms with Gasteiger partial charge in [-0.05, 0) is 50.4 Å². The topological polar surface area (TPSA) is 40.6 Å². The molecule has 24 heavy (non-hydrogen) atoms. The molecule has 0 saturated heterocycles. The largest absolute Gasteiger partial charge is 0.346 e. The molecule has 2 unspecified atom stereocenters. The molecule has 0 N–H and O–H groups in total. The summed E-state index contributed by atoms with van der Waals surface area (Å²) in [4.78, 5) is 28.0. The van der Waals surface area contributed by atoms with Gasteiger partial charge in [0, 0.05) is 40.0 Å². The summed E-state index contributed by atoms with van der Waals surface area (Å²) >= 11 is 0. The van der Waals surface area contributed by atoms with Crippen molar-refractivity contribution >= 4 is 11.8 Å². The lowest BCUT2D eigenvalue weighted by Gasteiger charge is -2.21. The highest BCUT2D eigenvalue weighted by Gasteiger charge is 2.18. The predicted octanol–water partition coefficient (Wildman–Crippen LogP) is 3.40. The molecule has 0 aromatic carbocycles. The summed E-state index contributed by atoms with van der Waals surface area (Å²) in [5.74, 6) is 1.36. The predicted molar refractivity (Wildman–Crippen MR) is 97.5 cm³/mol. The first-order valence-corrected chi connectivity index (χ1v) is 9.37. The van der Waals surface area contributed by atoms with E-state index in [1.54, 1.807) is 0 Å². The second-order valence-electron chi connectivity index (χ2n) is 7.28. The molecule has 134 valence electrons. The summed E-state index contributed by atoms with van der Waals surface area (Å²) in [5, 5.41) is 0. The minimum atomic E-state index is 0.240. The lowest BCUT2D eigenvalue weighted by molar-refractivity contribution is -0.132. The molecule has 0 spiro atoms. The van der Waals surface area contributed by atoms with Crippen molar-refractivity contribution in [2.45, 2.75) is 51.4 Å². The van der Waals surface area contributed by atoms with E-state index in [4.69, 9.17) is 0 Å². The van der Waals surface area contributed by atoms with Crippen LogP contribution in [0.4, 0.5) is 0 Å². The summed E-state index contributed by atoms with van der Waals surface area (Å²) < 4.78 is 0. The molecule has 4 nitrogen and oxygen atoms in total. The van der Waals surface area contributed by atoms with E-state index >= 15 is 0 Å². The Hall–Kier alpha value is -1.58. The van der Waals surface area contributed by atoms with Crippen LogP contribution in [-0.2, 0) is 9.59 Å². The van der Waals surface area contributed by atoms with Gasteiger partial charge in [0.1, 0.15) is 0 Å². The Balaban J connectivity index is 1.55. The highest BCUT2D eigenvalue weighted by molar-refractivity contribution is 5.76. The molecule has 4 heteroatoms. The second kappa shape index (κ2) is 9.65. The molecular formula is C20H32N2O2. The van der Waals surface area contributed by atoms with Crippen molar-refractivity contribution in [3.05, 3.63) is 24.3 Å². The van der Waals surface area contributed by atoms with E-state index < -0.39 is 0 Å². The van der Waals surface area contributed by atoms with Crippen LogP contribution in [0.2, 0.25) is 0 Å². The van der Waals surface area contributed by atoms with Crippen LogP contribution in [0.3, 0.4) is 0 Å². The normalized spacial score (nSPS) is 22.1. The zero-order valence-electron chi connectivity index (χ0n) is 15.2. The van der Waals surface area contributed by atoms with Crippen LogP contribution in [-0.4, -0.2) is 48.8 Å². The summed E-state index contributed by atoms with van der Waals surface area (Å²) in [7, 11) is 3.78. The maximum atomic E-state index is 12.1. The van der Waals surface area contributed by atoms with Crippen molar-refractivity contribution in [1.29, 1.82) is 0 Å². The van der Waals surface area contributed by atoms with Gasteiger partial charge in [-0.15, -0.1) is 0 Å². The Morgan fingerprint density at radius 2 is 1.25 bits per heavy atom. The summed E-state index contributed by atoms with van der Waals surface area (Å²) in [6.07, 6.45) is 16.3. The molecule has 0 bridgehead atoms. The number of rotatable bonds is 9. The molecule has 2 aliphatic carbocycles. The van der Waals surface area contributed by atoms with Crippen LogP contribution in [0.1, 0.15) is 51.4 Å². The molecule has 2 aliphatic rings. The van der Waals surface area contributed by atoms with E-state index in [1.807, 2.05) is 23.9 Å². The zero-order chi connectivity index (χ0) is 17.4. The number of hydrogen-bond donors (Lipinski definition) is 0. The van der Waals surface area contributed by atoms with Gasteiger partial charge in [0.05, 0.1) is 0 Å². The van der Waals surface area contributed by atoms with Crippen molar-refractivity contribution in [1.82, 2.24) is 9.80 Å². The molecule has 2 rings (SSSR count). The van der Waals surface area contributed by atoms with Crippen molar-refractivity contribution in [3.8, 4) is 0 Å². The van der Waals surface area contributed by atoms with Crippen molar-refractivity contribution in [2.24, 2.45) is 11.8 Å². The summed E-state index contributed by atoms with van der Waals surface area (Å²) in [6, 6.07) is 0. The molecule has 0 aromatic rings. The molecular weight excluding hydrogens is 300 g/mol.